The average Bonchev–Trinajstić information content (AvgIpc) is 3.17. The summed E-state index contributed by atoms with van der Waals surface area (Å²) in [6.07, 6.45) is 4.11. The maximum atomic E-state index is 12.2. The smallest absolute Gasteiger partial charge is 0.237 e. The Morgan fingerprint density at radius 3 is 2.96 bits per heavy atom. The molecule has 1 fully saturated rings. The molecule has 2 aromatic rings. The predicted octanol–water partition coefficient (Wildman–Crippen LogP) is -0.280. The van der Waals surface area contributed by atoms with Gasteiger partial charge in [-0.1, -0.05) is 47.7 Å². The largest absolute Gasteiger partial charge is 0.353 e. The molecule has 26 heavy (non-hydrogen) atoms. The highest BCUT2D eigenvalue weighted by molar-refractivity contribution is 5.88. The minimum atomic E-state index is -0.491. The van der Waals surface area contributed by atoms with Crippen LogP contribution in [0.25, 0.3) is 6.08 Å². The number of aromatic amines is 1. The van der Waals surface area contributed by atoms with Crippen LogP contribution >= 0.6 is 0 Å². The number of carbonyl (C=O) groups excluding carboxylic acids is 2. The number of hydrogen-bond acceptors (Lipinski definition) is 6. The average molecular weight is 355 g/mol. The van der Waals surface area contributed by atoms with Gasteiger partial charge in [-0.3, -0.25) is 14.5 Å². The predicted molar refractivity (Wildman–Crippen MR) is 94.5 cm³/mol. The molecule has 9 heteroatoms. The fraction of sp³-hybridized carbons (Fsp3) is 0.353. The van der Waals surface area contributed by atoms with Crippen molar-refractivity contribution in [1.29, 1.82) is 0 Å². The Morgan fingerprint density at radius 2 is 2.19 bits per heavy atom. The van der Waals surface area contributed by atoms with Crippen molar-refractivity contribution in [2.45, 2.75) is 19.0 Å². The third-order valence-electron chi connectivity index (χ3n) is 4.10. The quantitative estimate of drug-likeness (QED) is 0.629. The van der Waals surface area contributed by atoms with Crippen molar-refractivity contribution in [2.75, 3.05) is 19.6 Å². The summed E-state index contributed by atoms with van der Waals surface area (Å²) in [5.74, 6) is 0.0436. The van der Waals surface area contributed by atoms with E-state index in [0.717, 1.165) is 5.56 Å². The van der Waals surface area contributed by atoms with Gasteiger partial charge in [-0.25, -0.2) is 0 Å². The molecule has 1 aliphatic rings. The SMILES string of the molecule is O=C(C[C@H]1C(=O)NCCN1C/C=C/c1ccccc1)NCc1nn[nH]n1. The summed E-state index contributed by atoms with van der Waals surface area (Å²) < 4.78 is 0. The van der Waals surface area contributed by atoms with E-state index >= 15 is 0 Å². The van der Waals surface area contributed by atoms with E-state index in [4.69, 9.17) is 0 Å². The number of nitrogens with zero attached hydrogens (tertiary/aromatic N) is 4. The summed E-state index contributed by atoms with van der Waals surface area (Å²) in [7, 11) is 0. The van der Waals surface area contributed by atoms with E-state index in [1.54, 1.807) is 0 Å². The highest BCUT2D eigenvalue weighted by Crippen LogP contribution is 2.10. The van der Waals surface area contributed by atoms with E-state index in [1.165, 1.54) is 0 Å². The van der Waals surface area contributed by atoms with Crippen molar-refractivity contribution >= 4 is 17.9 Å². The van der Waals surface area contributed by atoms with Crippen molar-refractivity contribution in [1.82, 2.24) is 36.2 Å². The molecule has 0 bridgehead atoms. The Balaban J connectivity index is 1.54. The summed E-state index contributed by atoms with van der Waals surface area (Å²) in [6, 6.07) is 9.46. The monoisotopic (exact) mass is 355 g/mol. The zero-order valence-electron chi connectivity index (χ0n) is 14.3. The first-order valence-electron chi connectivity index (χ1n) is 8.45. The summed E-state index contributed by atoms with van der Waals surface area (Å²) in [5.41, 5.74) is 1.10. The standard InChI is InChI=1S/C17H21N7O2/c25-16(19-12-15-20-22-23-21-15)11-14-17(26)18-8-10-24(14)9-4-7-13-5-2-1-3-6-13/h1-7,14H,8-12H2,(H,18,26)(H,19,25)(H,20,21,22,23)/b7-4+/t14-/m0/s1. The lowest BCUT2D eigenvalue weighted by atomic mass is 10.1. The Kier molecular flexibility index (Phi) is 6.05. The zero-order chi connectivity index (χ0) is 18.2. The summed E-state index contributed by atoms with van der Waals surface area (Å²) >= 11 is 0. The van der Waals surface area contributed by atoms with Gasteiger partial charge in [-0.15, -0.1) is 10.2 Å². The van der Waals surface area contributed by atoms with Gasteiger partial charge in [-0.2, -0.15) is 5.21 Å². The van der Waals surface area contributed by atoms with Gasteiger partial charge in [0.1, 0.15) is 0 Å². The van der Waals surface area contributed by atoms with E-state index < -0.39 is 6.04 Å². The lowest BCUT2D eigenvalue weighted by Gasteiger charge is -2.33. The second kappa shape index (κ2) is 8.86. The van der Waals surface area contributed by atoms with Crippen molar-refractivity contribution in [2.24, 2.45) is 0 Å². The molecule has 0 unspecified atom stereocenters. The van der Waals surface area contributed by atoms with Crippen molar-refractivity contribution in [3.63, 3.8) is 0 Å². The van der Waals surface area contributed by atoms with Gasteiger partial charge in [0.25, 0.3) is 0 Å². The molecule has 3 rings (SSSR count). The molecule has 2 amide bonds. The van der Waals surface area contributed by atoms with Crippen LogP contribution in [0.5, 0.6) is 0 Å². The number of tetrazole rings is 1. The lowest BCUT2D eigenvalue weighted by Crippen LogP contribution is -2.56. The van der Waals surface area contributed by atoms with Crippen molar-refractivity contribution < 1.29 is 9.59 Å². The number of rotatable bonds is 7. The molecular formula is C17H21N7O2. The number of piperazine rings is 1. The summed E-state index contributed by atoms with van der Waals surface area (Å²) in [6.45, 7) is 2.06. The number of carbonyl (C=O) groups is 2. The molecular weight excluding hydrogens is 334 g/mol. The Bertz CT molecular complexity index is 746. The third-order valence-corrected chi connectivity index (χ3v) is 4.10. The van der Waals surface area contributed by atoms with E-state index in [1.807, 2.05) is 47.4 Å². The second-order valence-corrected chi connectivity index (χ2v) is 5.92. The molecule has 1 aliphatic heterocycles. The fourth-order valence-electron chi connectivity index (χ4n) is 2.77. The molecule has 0 saturated carbocycles. The van der Waals surface area contributed by atoms with Gasteiger partial charge >= 0.3 is 0 Å². The first-order chi connectivity index (χ1) is 12.7. The third kappa shape index (κ3) is 4.96. The number of hydrogen-bond donors (Lipinski definition) is 3. The number of benzene rings is 1. The van der Waals surface area contributed by atoms with Gasteiger partial charge in [0.2, 0.25) is 11.8 Å². The molecule has 3 N–H and O–H groups in total. The van der Waals surface area contributed by atoms with Gasteiger partial charge in [0, 0.05) is 19.6 Å². The van der Waals surface area contributed by atoms with Gasteiger partial charge in [-0.05, 0) is 5.56 Å². The van der Waals surface area contributed by atoms with Crippen molar-refractivity contribution in [3.8, 4) is 0 Å². The molecule has 1 aromatic heterocycles. The van der Waals surface area contributed by atoms with Crippen LogP contribution in [0, 0.1) is 0 Å². The van der Waals surface area contributed by atoms with E-state index in [9.17, 15) is 9.59 Å². The van der Waals surface area contributed by atoms with Gasteiger partial charge in [0.05, 0.1) is 19.0 Å². The van der Waals surface area contributed by atoms with Crippen LogP contribution in [0.1, 0.15) is 17.8 Å². The first kappa shape index (κ1) is 17.7. The Hall–Kier alpha value is -3.07. The van der Waals surface area contributed by atoms with Crippen LogP contribution in [0.2, 0.25) is 0 Å². The summed E-state index contributed by atoms with van der Waals surface area (Å²) in [4.78, 5) is 26.4. The second-order valence-electron chi connectivity index (χ2n) is 5.92. The summed E-state index contributed by atoms with van der Waals surface area (Å²) in [5, 5.41) is 18.8. The maximum Gasteiger partial charge on any atom is 0.237 e. The molecule has 0 radical (unpaired) electrons. The Morgan fingerprint density at radius 1 is 1.35 bits per heavy atom. The molecule has 9 nitrogen and oxygen atoms in total. The van der Waals surface area contributed by atoms with Crippen molar-refractivity contribution in [3.05, 3.63) is 47.8 Å². The lowest BCUT2D eigenvalue weighted by molar-refractivity contribution is -0.133. The number of nitrogens with one attached hydrogen (secondary N) is 3. The molecule has 0 spiro atoms. The van der Waals surface area contributed by atoms with Crippen LogP contribution in [0.3, 0.4) is 0 Å². The Labute approximate surface area is 150 Å². The number of H-pyrrole nitrogens is 1. The number of amides is 2. The zero-order valence-corrected chi connectivity index (χ0v) is 14.3. The molecule has 2 heterocycles. The van der Waals surface area contributed by atoms with E-state index in [-0.39, 0.29) is 24.8 Å². The minimum Gasteiger partial charge on any atom is -0.353 e. The molecule has 136 valence electrons. The van der Waals surface area contributed by atoms with Crippen LogP contribution in [-0.2, 0) is 16.1 Å². The molecule has 1 saturated heterocycles. The first-order valence-corrected chi connectivity index (χ1v) is 8.45. The van der Waals surface area contributed by atoms with E-state index in [2.05, 4.69) is 31.3 Å². The van der Waals surface area contributed by atoms with Gasteiger partial charge < -0.3 is 10.6 Å². The normalized spacial score (nSPS) is 18.0. The van der Waals surface area contributed by atoms with Crippen LogP contribution in [-0.4, -0.2) is 63.0 Å². The fourth-order valence-corrected chi connectivity index (χ4v) is 2.77. The van der Waals surface area contributed by atoms with Crippen LogP contribution in [0.4, 0.5) is 0 Å². The number of aromatic nitrogens is 4. The van der Waals surface area contributed by atoms with Gasteiger partial charge in [0.15, 0.2) is 5.82 Å². The van der Waals surface area contributed by atoms with Crippen LogP contribution in [0.15, 0.2) is 36.4 Å². The minimum absolute atomic E-state index is 0.0862. The molecule has 1 atom stereocenters. The topological polar surface area (TPSA) is 116 Å². The molecule has 1 aromatic carbocycles. The molecule has 0 aliphatic carbocycles. The van der Waals surface area contributed by atoms with Crippen LogP contribution < -0.4 is 10.6 Å². The highest BCUT2D eigenvalue weighted by Gasteiger charge is 2.30. The van der Waals surface area contributed by atoms with E-state index in [0.29, 0.717) is 25.5 Å². The maximum absolute atomic E-state index is 12.2. The highest BCUT2D eigenvalue weighted by atomic mass is 16.2.